The van der Waals surface area contributed by atoms with Gasteiger partial charge in [0.05, 0.1) is 5.02 Å². The molecule has 0 aliphatic heterocycles. The lowest BCUT2D eigenvalue weighted by molar-refractivity contribution is -0.128. The first kappa shape index (κ1) is 20.1. The van der Waals surface area contributed by atoms with Crippen LogP contribution in [0.5, 0.6) is 5.75 Å². The summed E-state index contributed by atoms with van der Waals surface area (Å²) in [6, 6.07) is 9.67. The topological polar surface area (TPSA) is 67.4 Å². The number of fused-ring (bicyclic) bond motifs is 1. The molecule has 1 aromatic heterocycles. The van der Waals surface area contributed by atoms with Crippen molar-refractivity contribution in [1.29, 1.82) is 0 Å². The average molecular weight is 421 g/mol. The van der Waals surface area contributed by atoms with Gasteiger partial charge in [-0.15, -0.1) is 11.3 Å². The average Bonchev–Trinajstić information content (AvgIpc) is 2.99. The standard InChI is InChI=1S/C20H18ClFN2O3S/c1-10-5-4-6-15(11(10)2)27-12(3)19(25)23-24-20(26)18-17(21)14-8-7-13(22)9-16(14)28-18/h4-9,12H,1-3H3,(H,23,25)(H,24,26). The fraction of sp³-hybridized carbons (Fsp3) is 0.200. The van der Waals surface area contributed by atoms with E-state index < -0.39 is 23.7 Å². The Morgan fingerprint density at radius 2 is 1.93 bits per heavy atom. The number of rotatable bonds is 4. The van der Waals surface area contributed by atoms with Gasteiger partial charge < -0.3 is 4.74 Å². The van der Waals surface area contributed by atoms with Crippen molar-refractivity contribution in [2.75, 3.05) is 0 Å². The van der Waals surface area contributed by atoms with Crippen LogP contribution in [-0.2, 0) is 4.79 Å². The van der Waals surface area contributed by atoms with Crippen LogP contribution >= 0.6 is 22.9 Å². The van der Waals surface area contributed by atoms with Crippen LogP contribution in [0.3, 0.4) is 0 Å². The third-order valence-electron chi connectivity index (χ3n) is 4.32. The van der Waals surface area contributed by atoms with E-state index in [9.17, 15) is 14.0 Å². The van der Waals surface area contributed by atoms with Gasteiger partial charge in [-0.2, -0.15) is 0 Å². The molecule has 1 unspecified atom stereocenters. The van der Waals surface area contributed by atoms with Crippen LogP contribution in [0, 0.1) is 19.7 Å². The molecule has 3 aromatic rings. The zero-order chi connectivity index (χ0) is 20.4. The van der Waals surface area contributed by atoms with Crippen molar-refractivity contribution in [2.45, 2.75) is 26.9 Å². The minimum Gasteiger partial charge on any atom is -0.481 e. The number of thiophene rings is 1. The third-order valence-corrected chi connectivity index (χ3v) is 5.98. The Kier molecular flexibility index (Phi) is 5.86. The van der Waals surface area contributed by atoms with Gasteiger partial charge in [-0.25, -0.2) is 4.39 Å². The maximum Gasteiger partial charge on any atom is 0.281 e. The Labute approximate surface area is 170 Å². The zero-order valence-corrected chi connectivity index (χ0v) is 17.0. The van der Waals surface area contributed by atoms with E-state index in [1.165, 1.54) is 18.2 Å². The SMILES string of the molecule is Cc1cccc(OC(C)C(=O)NNC(=O)c2sc3cc(F)ccc3c2Cl)c1C. The van der Waals surface area contributed by atoms with Gasteiger partial charge in [-0.05, 0) is 56.2 Å². The van der Waals surface area contributed by atoms with Gasteiger partial charge in [0.15, 0.2) is 6.10 Å². The van der Waals surface area contributed by atoms with Crippen molar-refractivity contribution in [1.82, 2.24) is 10.9 Å². The zero-order valence-electron chi connectivity index (χ0n) is 15.4. The van der Waals surface area contributed by atoms with E-state index in [1.54, 1.807) is 13.0 Å². The van der Waals surface area contributed by atoms with Gasteiger partial charge in [0.25, 0.3) is 11.8 Å². The Bertz CT molecular complexity index is 1070. The van der Waals surface area contributed by atoms with E-state index >= 15 is 0 Å². The van der Waals surface area contributed by atoms with Crippen LogP contribution in [0.1, 0.15) is 27.7 Å². The monoisotopic (exact) mass is 420 g/mol. The summed E-state index contributed by atoms with van der Waals surface area (Å²) in [5.41, 5.74) is 6.64. The molecule has 0 saturated heterocycles. The Morgan fingerprint density at radius 1 is 1.18 bits per heavy atom. The van der Waals surface area contributed by atoms with E-state index in [1.807, 2.05) is 26.0 Å². The molecule has 0 radical (unpaired) electrons. The van der Waals surface area contributed by atoms with E-state index in [2.05, 4.69) is 10.9 Å². The largest absolute Gasteiger partial charge is 0.481 e. The molecule has 2 aromatic carbocycles. The van der Waals surface area contributed by atoms with Crippen LogP contribution in [-0.4, -0.2) is 17.9 Å². The lowest BCUT2D eigenvalue weighted by Gasteiger charge is -2.17. The fourth-order valence-corrected chi connectivity index (χ4v) is 3.99. The summed E-state index contributed by atoms with van der Waals surface area (Å²) in [5.74, 6) is -0.914. The number of carbonyl (C=O) groups is 2. The molecule has 5 nitrogen and oxygen atoms in total. The summed E-state index contributed by atoms with van der Waals surface area (Å²) >= 11 is 7.26. The summed E-state index contributed by atoms with van der Waals surface area (Å²) in [4.78, 5) is 24.8. The lowest BCUT2D eigenvalue weighted by atomic mass is 10.1. The molecule has 28 heavy (non-hydrogen) atoms. The van der Waals surface area contributed by atoms with Crippen LogP contribution in [0.15, 0.2) is 36.4 Å². The fourth-order valence-electron chi connectivity index (χ4n) is 2.56. The highest BCUT2D eigenvalue weighted by Crippen LogP contribution is 2.35. The minimum atomic E-state index is -0.826. The Hall–Kier alpha value is -2.64. The predicted octanol–water partition coefficient (Wildman–Crippen LogP) is 4.54. The molecule has 0 aliphatic rings. The molecule has 2 amide bonds. The molecule has 0 saturated carbocycles. The van der Waals surface area contributed by atoms with E-state index in [0.29, 0.717) is 15.8 Å². The van der Waals surface area contributed by atoms with E-state index in [0.717, 1.165) is 22.5 Å². The van der Waals surface area contributed by atoms with Gasteiger partial charge in [0, 0.05) is 10.1 Å². The Balaban J connectivity index is 1.65. The van der Waals surface area contributed by atoms with Crippen molar-refractivity contribution in [3.8, 4) is 5.75 Å². The Morgan fingerprint density at radius 3 is 2.68 bits per heavy atom. The van der Waals surface area contributed by atoms with E-state index in [-0.39, 0.29) is 9.90 Å². The number of hydrazine groups is 1. The van der Waals surface area contributed by atoms with Gasteiger partial charge in [-0.1, -0.05) is 23.7 Å². The molecule has 1 heterocycles. The second-order valence-electron chi connectivity index (χ2n) is 6.29. The van der Waals surface area contributed by atoms with Crippen molar-refractivity contribution in [3.05, 3.63) is 63.2 Å². The van der Waals surface area contributed by atoms with Crippen molar-refractivity contribution in [3.63, 3.8) is 0 Å². The summed E-state index contributed by atoms with van der Waals surface area (Å²) in [6.07, 6.45) is -0.826. The normalized spacial score (nSPS) is 11.9. The summed E-state index contributed by atoms with van der Waals surface area (Å²) in [6.45, 7) is 5.44. The second kappa shape index (κ2) is 8.16. The molecule has 0 spiro atoms. The highest BCUT2D eigenvalue weighted by atomic mass is 35.5. The highest BCUT2D eigenvalue weighted by Gasteiger charge is 2.20. The van der Waals surface area contributed by atoms with Crippen LogP contribution in [0.4, 0.5) is 4.39 Å². The van der Waals surface area contributed by atoms with E-state index in [4.69, 9.17) is 16.3 Å². The number of carbonyl (C=O) groups excluding carboxylic acids is 2. The minimum absolute atomic E-state index is 0.186. The first-order valence-electron chi connectivity index (χ1n) is 8.48. The van der Waals surface area contributed by atoms with Crippen molar-refractivity contribution >= 4 is 44.8 Å². The van der Waals surface area contributed by atoms with Gasteiger partial charge in [0.2, 0.25) is 0 Å². The van der Waals surface area contributed by atoms with Crippen molar-refractivity contribution < 1.29 is 18.7 Å². The number of aryl methyl sites for hydroxylation is 1. The van der Waals surface area contributed by atoms with Crippen LogP contribution in [0.25, 0.3) is 10.1 Å². The maximum atomic E-state index is 13.3. The van der Waals surface area contributed by atoms with Gasteiger partial charge in [0.1, 0.15) is 16.4 Å². The number of hydrogen-bond acceptors (Lipinski definition) is 4. The van der Waals surface area contributed by atoms with Crippen molar-refractivity contribution in [2.24, 2.45) is 0 Å². The number of hydrogen-bond donors (Lipinski definition) is 2. The van der Waals surface area contributed by atoms with Gasteiger partial charge >= 0.3 is 0 Å². The highest BCUT2D eigenvalue weighted by molar-refractivity contribution is 7.21. The molecule has 3 rings (SSSR count). The molecular weight excluding hydrogens is 403 g/mol. The quantitative estimate of drug-likeness (QED) is 0.609. The molecule has 0 fully saturated rings. The summed E-state index contributed by atoms with van der Waals surface area (Å²) in [5, 5.41) is 0.794. The maximum absolute atomic E-state index is 13.3. The smallest absolute Gasteiger partial charge is 0.281 e. The molecule has 146 valence electrons. The van der Waals surface area contributed by atoms with Crippen LogP contribution < -0.4 is 15.6 Å². The molecule has 8 heteroatoms. The molecule has 0 aliphatic carbocycles. The first-order chi connectivity index (χ1) is 13.3. The number of halogens is 2. The third kappa shape index (κ3) is 4.10. The number of ether oxygens (including phenoxy) is 1. The number of nitrogens with one attached hydrogen (secondary N) is 2. The second-order valence-corrected chi connectivity index (χ2v) is 7.72. The van der Waals surface area contributed by atoms with Crippen LogP contribution in [0.2, 0.25) is 5.02 Å². The first-order valence-corrected chi connectivity index (χ1v) is 9.68. The predicted molar refractivity (Wildman–Crippen MR) is 108 cm³/mol. The van der Waals surface area contributed by atoms with Gasteiger partial charge in [-0.3, -0.25) is 20.4 Å². The number of amides is 2. The molecule has 2 N–H and O–H groups in total. The summed E-state index contributed by atoms with van der Waals surface area (Å²) in [7, 11) is 0. The molecule has 1 atom stereocenters. The molecule has 0 bridgehead atoms. The number of benzene rings is 2. The molecular formula is C20H18ClFN2O3S. The summed E-state index contributed by atoms with van der Waals surface area (Å²) < 4.78 is 19.6. The lowest BCUT2D eigenvalue weighted by Crippen LogP contribution is -2.47.